The lowest BCUT2D eigenvalue weighted by Gasteiger charge is -2.24. The summed E-state index contributed by atoms with van der Waals surface area (Å²) in [5.41, 5.74) is 2.94. The molecule has 1 aliphatic rings. The van der Waals surface area contributed by atoms with E-state index in [2.05, 4.69) is 12.0 Å². The van der Waals surface area contributed by atoms with Gasteiger partial charge in [0.1, 0.15) is 12.3 Å². The fraction of sp³-hybridized carbons (Fsp3) is 0.526. The number of hydrogen-bond acceptors (Lipinski definition) is 5. The average Bonchev–Trinajstić information content (AvgIpc) is 2.60. The molecule has 0 aromatic heterocycles. The number of ether oxygens (including phenoxy) is 2. The van der Waals surface area contributed by atoms with E-state index in [0.717, 1.165) is 24.0 Å². The number of hydrogen-bond donors (Lipinski definition) is 0. The van der Waals surface area contributed by atoms with E-state index < -0.39 is 5.97 Å². The lowest BCUT2D eigenvalue weighted by molar-refractivity contribution is -0.137. The summed E-state index contributed by atoms with van der Waals surface area (Å²) in [5.74, 6) is -0.602. The van der Waals surface area contributed by atoms with Crippen LogP contribution in [0.15, 0.2) is 23.3 Å². The fourth-order valence-corrected chi connectivity index (χ4v) is 2.46. The molecular formula is C19H26N2O4. The maximum absolute atomic E-state index is 12.2. The second kappa shape index (κ2) is 9.32. The van der Waals surface area contributed by atoms with Crippen LogP contribution in [0, 0.1) is 13.8 Å². The third kappa shape index (κ3) is 5.39. The molecule has 0 fully saturated rings. The van der Waals surface area contributed by atoms with Gasteiger partial charge >= 0.3 is 5.97 Å². The van der Waals surface area contributed by atoms with E-state index >= 15 is 0 Å². The van der Waals surface area contributed by atoms with Crippen LogP contribution in [0.4, 0.5) is 5.69 Å². The molecule has 0 N–H and O–H groups in total. The van der Waals surface area contributed by atoms with E-state index in [1.807, 2.05) is 32.0 Å². The molecule has 1 aliphatic heterocycles. The van der Waals surface area contributed by atoms with Crippen LogP contribution >= 0.6 is 0 Å². The van der Waals surface area contributed by atoms with E-state index in [0.29, 0.717) is 25.3 Å². The number of anilines is 1. The van der Waals surface area contributed by atoms with Crippen LogP contribution < -0.4 is 5.01 Å². The number of hydrazone groups is 1. The van der Waals surface area contributed by atoms with Crippen LogP contribution in [0.5, 0.6) is 0 Å². The van der Waals surface area contributed by atoms with Crippen molar-refractivity contribution in [2.24, 2.45) is 5.10 Å². The topological polar surface area (TPSA) is 68.2 Å². The van der Waals surface area contributed by atoms with Gasteiger partial charge in [0.2, 0.25) is 5.91 Å². The van der Waals surface area contributed by atoms with E-state index in [4.69, 9.17) is 9.47 Å². The largest absolute Gasteiger partial charge is 0.459 e. The van der Waals surface area contributed by atoms with Crippen LogP contribution in [0.25, 0.3) is 0 Å². The van der Waals surface area contributed by atoms with Gasteiger partial charge in [0.25, 0.3) is 0 Å². The Balaban J connectivity index is 2.00. The number of carbonyl (C=O) groups is 2. The first kappa shape index (κ1) is 19.1. The molecule has 1 aromatic carbocycles. The molecule has 0 unspecified atom stereocenters. The summed E-state index contributed by atoms with van der Waals surface area (Å²) >= 11 is 0. The van der Waals surface area contributed by atoms with Crippen molar-refractivity contribution >= 4 is 23.3 Å². The second-order valence-corrected chi connectivity index (χ2v) is 6.14. The minimum Gasteiger partial charge on any atom is -0.459 e. The molecule has 6 heteroatoms. The summed E-state index contributed by atoms with van der Waals surface area (Å²) in [6.45, 7) is 7.20. The number of nitrogens with zero attached hydrogens (tertiary/aromatic N) is 2. The number of amides is 1. The van der Waals surface area contributed by atoms with E-state index in [1.165, 1.54) is 5.01 Å². The Labute approximate surface area is 148 Å². The molecule has 0 saturated heterocycles. The van der Waals surface area contributed by atoms with Gasteiger partial charge in [0.05, 0.1) is 12.3 Å². The van der Waals surface area contributed by atoms with E-state index in [9.17, 15) is 9.59 Å². The van der Waals surface area contributed by atoms with Crippen molar-refractivity contribution < 1.29 is 19.1 Å². The Morgan fingerprint density at radius 1 is 1.20 bits per heavy atom. The van der Waals surface area contributed by atoms with Gasteiger partial charge in [-0.1, -0.05) is 25.5 Å². The molecule has 6 nitrogen and oxygen atoms in total. The summed E-state index contributed by atoms with van der Waals surface area (Å²) < 4.78 is 10.6. The van der Waals surface area contributed by atoms with Crippen LogP contribution in [0.2, 0.25) is 0 Å². The van der Waals surface area contributed by atoms with Crippen LogP contribution in [-0.2, 0) is 19.1 Å². The third-order valence-corrected chi connectivity index (χ3v) is 3.96. The second-order valence-electron chi connectivity index (χ2n) is 6.14. The number of unbranched alkanes of at least 4 members (excludes halogenated alkanes) is 1. The first-order valence-electron chi connectivity index (χ1n) is 8.75. The van der Waals surface area contributed by atoms with Gasteiger partial charge in [-0.2, -0.15) is 10.1 Å². The minimum atomic E-state index is -0.484. The van der Waals surface area contributed by atoms with Gasteiger partial charge in [-0.3, -0.25) is 4.79 Å². The van der Waals surface area contributed by atoms with Gasteiger partial charge in [-0.05, 0) is 37.5 Å². The summed E-state index contributed by atoms with van der Waals surface area (Å²) in [5, 5.41) is 5.57. The Kier molecular flexibility index (Phi) is 7.13. The van der Waals surface area contributed by atoms with Crippen LogP contribution in [0.3, 0.4) is 0 Å². The summed E-state index contributed by atoms with van der Waals surface area (Å²) in [6, 6.07) is 5.81. The molecule has 1 aromatic rings. The highest BCUT2D eigenvalue weighted by atomic mass is 16.6. The monoisotopic (exact) mass is 346 g/mol. The average molecular weight is 346 g/mol. The molecule has 1 amide bonds. The maximum Gasteiger partial charge on any atom is 0.354 e. The standard InChI is InChI=1S/C19H26N2O4/c1-4-5-10-24-11-12-25-19(23)16-8-9-18(22)21(20-16)17-13-14(2)6-7-15(17)3/h6-7,13H,4-5,8-12H2,1-3H3. The molecule has 2 rings (SSSR count). The number of esters is 1. The molecule has 0 atom stereocenters. The van der Waals surface area contributed by atoms with Crippen molar-refractivity contribution in [2.75, 3.05) is 24.8 Å². The van der Waals surface area contributed by atoms with Crippen LogP contribution in [0.1, 0.15) is 43.7 Å². The summed E-state index contributed by atoms with van der Waals surface area (Å²) in [4.78, 5) is 24.4. The lowest BCUT2D eigenvalue weighted by atomic mass is 10.1. The number of rotatable bonds is 8. The Morgan fingerprint density at radius 2 is 2.00 bits per heavy atom. The maximum atomic E-state index is 12.2. The predicted molar refractivity (Wildman–Crippen MR) is 96.8 cm³/mol. The smallest absolute Gasteiger partial charge is 0.354 e. The van der Waals surface area contributed by atoms with Crippen molar-refractivity contribution in [1.29, 1.82) is 0 Å². The Morgan fingerprint density at radius 3 is 2.76 bits per heavy atom. The first-order valence-corrected chi connectivity index (χ1v) is 8.75. The molecule has 0 bridgehead atoms. The van der Waals surface area contributed by atoms with Gasteiger partial charge in [-0.15, -0.1) is 0 Å². The first-order chi connectivity index (χ1) is 12.0. The van der Waals surface area contributed by atoms with Gasteiger partial charge in [-0.25, -0.2) is 4.79 Å². The fourth-order valence-electron chi connectivity index (χ4n) is 2.46. The highest BCUT2D eigenvalue weighted by molar-refractivity contribution is 6.38. The van der Waals surface area contributed by atoms with E-state index in [-0.39, 0.29) is 24.6 Å². The highest BCUT2D eigenvalue weighted by Crippen LogP contribution is 2.25. The zero-order valence-corrected chi connectivity index (χ0v) is 15.2. The number of benzene rings is 1. The molecule has 1 heterocycles. The SMILES string of the molecule is CCCCOCCOC(=O)C1=NN(c2cc(C)ccc2C)C(=O)CC1. The number of aryl methyl sites for hydroxylation is 2. The highest BCUT2D eigenvalue weighted by Gasteiger charge is 2.27. The van der Waals surface area contributed by atoms with Crippen molar-refractivity contribution in [3.8, 4) is 0 Å². The molecule has 0 aliphatic carbocycles. The molecule has 0 spiro atoms. The van der Waals surface area contributed by atoms with Crippen molar-refractivity contribution in [1.82, 2.24) is 0 Å². The van der Waals surface area contributed by atoms with Gasteiger partial charge in [0, 0.05) is 19.4 Å². The van der Waals surface area contributed by atoms with Crippen LogP contribution in [-0.4, -0.2) is 37.4 Å². The van der Waals surface area contributed by atoms with Gasteiger partial charge in [0.15, 0.2) is 0 Å². The van der Waals surface area contributed by atoms with Gasteiger partial charge < -0.3 is 9.47 Å². The molecule has 0 saturated carbocycles. The molecular weight excluding hydrogens is 320 g/mol. The zero-order valence-electron chi connectivity index (χ0n) is 15.2. The summed E-state index contributed by atoms with van der Waals surface area (Å²) in [6.07, 6.45) is 2.61. The quantitative estimate of drug-likeness (QED) is 0.536. The molecule has 136 valence electrons. The zero-order chi connectivity index (χ0) is 18.2. The molecule has 25 heavy (non-hydrogen) atoms. The third-order valence-electron chi connectivity index (χ3n) is 3.96. The van der Waals surface area contributed by atoms with Crippen molar-refractivity contribution in [3.63, 3.8) is 0 Å². The minimum absolute atomic E-state index is 0.117. The molecule has 0 radical (unpaired) electrons. The Bertz CT molecular complexity index is 655. The van der Waals surface area contributed by atoms with Crippen molar-refractivity contribution in [2.45, 2.75) is 46.5 Å². The number of carbonyl (C=O) groups excluding carboxylic acids is 2. The van der Waals surface area contributed by atoms with Crippen molar-refractivity contribution in [3.05, 3.63) is 29.3 Å². The Hall–Kier alpha value is -2.21. The predicted octanol–water partition coefficient (Wildman–Crippen LogP) is 3.15. The van der Waals surface area contributed by atoms with E-state index in [1.54, 1.807) is 0 Å². The lowest BCUT2D eigenvalue weighted by Crippen LogP contribution is -2.35. The normalized spacial score (nSPS) is 14.4. The summed E-state index contributed by atoms with van der Waals surface area (Å²) in [7, 11) is 0.